The van der Waals surface area contributed by atoms with E-state index in [1.807, 2.05) is 18.2 Å². The predicted molar refractivity (Wildman–Crippen MR) is 87.0 cm³/mol. The molecule has 0 saturated heterocycles. The third-order valence-corrected chi connectivity index (χ3v) is 4.58. The van der Waals surface area contributed by atoms with Crippen LogP contribution < -0.4 is 10.1 Å². The molecule has 0 amide bonds. The Morgan fingerprint density at radius 1 is 1.29 bits per heavy atom. The molecule has 3 aromatic rings. The monoisotopic (exact) mass is 301 g/mol. The predicted octanol–water partition coefficient (Wildman–Crippen LogP) is 4.74. The van der Waals surface area contributed by atoms with E-state index in [1.165, 1.54) is 4.88 Å². The number of benzene rings is 1. The summed E-state index contributed by atoms with van der Waals surface area (Å²) in [6.45, 7) is 2.91. The fourth-order valence-electron chi connectivity index (χ4n) is 2.50. The zero-order valence-corrected chi connectivity index (χ0v) is 13.1. The molecule has 1 unspecified atom stereocenters. The van der Waals surface area contributed by atoms with Crippen molar-refractivity contribution in [2.24, 2.45) is 0 Å². The molecule has 1 N–H and O–H groups in total. The third kappa shape index (κ3) is 2.96. The number of para-hydroxylation sites is 1. The van der Waals surface area contributed by atoms with Crippen molar-refractivity contribution < 1.29 is 9.15 Å². The van der Waals surface area contributed by atoms with E-state index >= 15 is 0 Å². The number of fused-ring (bicyclic) bond motifs is 1. The molecule has 0 bridgehead atoms. The van der Waals surface area contributed by atoms with Crippen LogP contribution in [0, 0.1) is 0 Å². The van der Waals surface area contributed by atoms with Gasteiger partial charge in [-0.05, 0) is 30.0 Å². The van der Waals surface area contributed by atoms with Gasteiger partial charge >= 0.3 is 0 Å². The molecule has 0 aliphatic rings. The first kappa shape index (κ1) is 14.2. The smallest absolute Gasteiger partial charge is 0.176 e. The maximum absolute atomic E-state index is 5.92. The van der Waals surface area contributed by atoms with Gasteiger partial charge in [0.05, 0.1) is 13.7 Å². The van der Waals surface area contributed by atoms with E-state index in [0.717, 1.165) is 28.9 Å². The largest absolute Gasteiger partial charge is 0.493 e. The highest BCUT2D eigenvalue weighted by Gasteiger charge is 2.12. The summed E-state index contributed by atoms with van der Waals surface area (Å²) in [6.07, 6.45) is 1.06. The lowest BCUT2D eigenvalue weighted by molar-refractivity contribution is 0.403. The van der Waals surface area contributed by atoms with E-state index in [-0.39, 0.29) is 0 Å². The minimum atomic E-state index is 0.375. The number of thiophene rings is 1. The van der Waals surface area contributed by atoms with Crippen LogP contribution in [-0.2, 0) is 6.54 Å². The van der Waals surface area contributed by atoms with Crippen LogP contribution in [0.3, 0.4) is 0 Å². The van der Waals surface area contributed by atoms with Crippen LogP contribution in [0.25, 0.3) is 11.0 Å². The first-order valence-corrected chi connectivity index (χ1v) is 8.02. The lowest BCUT2D eigenvalue weighted by atomic mass is 10.2. The zero-order chi connectivity index (χ0) is 14.7. The fraction of sp³-hybridized carbons (Fsp3) is 0.294. The Labute approximate surface area is 128 Å². The Bertz CT molecular complexity index is 703. The molecular weight excluding hydrogens is 282 g/mol. The maximum Gasteiger partial charge on any atom is 0.176 e. The maximum atomic E-state index is 5.92. The second-order valence-corrected chi connectivity index (χ2v) is 5.93. The molecule has 110 valence electrons. The molecule has 0 radical (unpaired) electrons. The van der Waals surface area contributed by atoms with Crippen molar-refractivity contribution in [3.8, 4) is 5.75 Å². The molecular formula is C17H19NO2S. The number of methoxy groups -OCH3 is 1. The van der Waals surface area contributed by atoms with Gasteiger partial charge in [0, 0.05) is 16.3 Å². The van der Waals surface area contributed by atoms with Gasteiger partial charge in [-0.1, -0.05) is 25.1 Å². The van der Waals surface area contributed by atoms with Crippen LogP contribution in [0.4, 0.5) is 0 Å². The van der Waals surface area contributed by atoms with Gasteiger partial charge in [-0.3, -0.25) is 0 Å². The average Bonchev–Trinajstić information content (AvgIpc) is 3.16. The number of nitrogens with one attached hydrogen (secondary N) is 1. The van der Waals surface area contributed by atoms with E-state index in [2.05, 4.69) is 35.8 Å². The molecule has 3 nitrogen and oxygen atoms in total. The molecule has 1 atom stereocenters. The summed E-state index contributed by atoms with van der Waals surface area (Å²) in [4.78, 5) is 1.37. The van der Waals surface area contributed by atoms with Crippen LogP contribution in [-0.4, -0.2) is 7.11 Å². The van der Waals surface area contributed by atoms with Gasteiger partial charge in [-0.25, -0.2) is 0 Å². The first-order valence-electron chi connectivity index (χ1n) is 7.14. The van der Waals surface area contributed by atoms with E-state index in [9.17, 15) is 0 Å². The Hall–Kier alpha value is -1.78. The van der Waals surface area contributed by atoms with Crippen molar-refractivity contribution in [3.05, 3.63) is 52.4 Å². The molecule has 1 aromatic carbocycles. The highest BCUT2D eigenvalue weighted by molar-refractivity contribution is 7.10. The average molecular weight is 301 g/mol. The lowest BCUT2D eigenvalue weighted by Gasteiger charge is -2.14. The summed E-state index contributed by atoms with van der Waals surface area (Å²) in [5.74, 6) is 1.72. The molecule has 2 heterocycles. The Balaban J connectivity index is 1.76. The third-order valence-electron chi connectivity index (χ3n) is 3.60. The Kier molecular flexibility index (Phi) is 4.27. The van der Waals surface area contributed by atoms with E-state index in [4.69, 9.17) is 9.15 Å². The molecule has 2 aromatic heterocycles. The van der Waals surface area contributed by atoms with Crippen molar-refractivity contribution in [1.29, 1.82) is 0 Å². The van der Waals surface area contributed by atoms with E-state index in [1.54, 1.807) is 18.4 Å². The SMILES string of the molecule is CCC(NCc1cc2cccc(OC)c2o1)c1cccs1. The quantitative estimate of drug-likeness (QED) is 0.714. The number of ether oxygens (including phenoxy) is 1. The molecule has 0 aliphatic carbocycles. The van der Waals surface area contributed by atoms with E-state index in [0.29, 0.717) is 12.6 Å². The van der Waals surface area contributed by atoms with E-state index < -0.39 is 0 Å². The normalized spacial score (nSPS) is 12.7. The van der Waals surface area contributed by atoms with Crippen molar-refractivity contribution in [2.75, 3.05) is 7.11 Å². The van der Waals surface area contributed by atoms with Crippen LogP contribution in [0.2, 0.25) is 0 Å². The topological polar surface area (TPSA) is 34.4 Å². The highest BCUT2D eigenvalue weighted by Crippen LogP contribution is 2.29. The van der Waals surface area contributed by atoms with Crippen LogP contribution in [0.15, 0.2) is 46.2 Å². The number of rotatable bonds is 6. The van der Waals surface area contributed by atoms with Gasteiger partial charge in [0.1, 0.15) is 5.76 Å². The van der Waals surface area contributed by atoms with Crippen molar-refractivity contribution in [2.45, 2.75) is 25.9 Å². The minimum absolute atomic E-state index is 0.375. The molecule has 4 heteroatoms. The second kappa shape index (κ2) is 6.33. The van der Waals surface area contributed by atoms with Crippen molar-refractivity contribution >= 4 is 22.3 Å². The number of hydrogen-bond acceptors (Lipinski definition) is 4. The van der Waals surface area contributed by atoms with Crippen LogP contribution in [0.5, 0.6) is 5.75 Å². The van der Waals surface area contributed by atoms with Gasteiger partial charge in [0.15, 0.2) is 11.3 Å². The van der Waals surface area contributed by atoms with Gasteiger partial charge in [-0.2, -0.15) is 0 Å². The van der Waals surface area contributed by atoms with Crippen molar-refractivity contribution in [1.82, 2.24) is 5.32 Å². The summed E-state index contributed by atoms with van der Waals surface area (Å²) in [5.41, 5.74) is 0.820. The van der Waals surface area contributed by atoms with Crippen LogP contribution >= 0.6 is 11.3 Å². The minimum Gasteiger partial charge on any atom is -0.493 e. The molecule has 0 spiro atoms. The van der Waals surface area contributed by atoms with Crippen molar-refractivity contribution in [3.63, 3.8) is 0 Å². The standard InChI is InChI=1S/C17H19NO2S/c1-3-14(16-8-5-9-21-16)18-11-13-10-12-6-4-7-15(19-2)17(12)20-13/h4-10,14,18H,3,11H2,1-2H3. The molecule has 0 aliphatic heterocycles. The Morgan fingerprint density at radius 3 is 2.90 bits per heavy atom. The summed E-state index contributed by atoms with van der Waals surface area (Å²) < 4.78 is 11.3. The summed E-state index contributed by atoms with van der Waals surface area (Å²) >= 11 is 1.79. The first-order chi connectivity index (χ1) is 10.3. The Morgan fingerprint density at radius 2 is 2.19 bits per heavy atom. The fourth-order valence-corrected chi connectivity index (χ4v) is 3.38. The van der Waals surface area contributed by atoms with Gasteiger partial charge < -0.3 is 14.5 Å². The van der Waals surface area contributed by atoms with Gasteiger partial charge in [-0.15, -0.1) is 11.3 Å². The second-order valence-electron chi connectivity index (χ2n) is 4.95. The lowest BCUT2D eigenvalue weighted by Crippen LogP contribution is -2.18. The molecule has 3 rings (SSSR count). The summed E-state index contributed by atoms with van der Waals surface area (Å²) in [6, 6.07) is 12.7. The molecule has 21 heavy (non-hydrogen) atoms. The number of furan rings is 1. The number of hydrogen-bond donors (Lipinski definition) is 1. The zero-order valence-electron chi connectivity index (χ0n) is 12.3. The van der Waals surface area contributed by atoms with Crippen LogP contribution in [0.1, 0.15) is 30.0 Å². The summed E-state index contributed by atoms with van der Waals surface area (Å²) in [7, 11) is 1.67. The van der Waals surface area contributed by atoms with Gasteiger partial charge in [0.25, 0.3) is 0 Å². The highest BCUT2D eigenvalue weighted by atomic mass is 32.1. The van der Waals surface area contributed by atoms with Gasteiger partial charge in [0.2, 0.25) is 0 Å². The molecule has 0 fully saturated rings. The summed E-state index contributed by atoms with van der Waals surface area (Å²) in [5, 5.41) is 6.76. The molecule has 0 saturated carbocycles.